The highest BCUT2D eigenvalue weighted by atomic mass is 16.5. The molecule has 0 radical (unpaired) electrons. The van der Waals surface area contributed by atoms with Crippen LogP contribution in [0.25, 0.3) is 5.65 Å². The smallest absolute Gasteiger partial charge is 0.255 e. The molecule has 29 heavy (non-hydrogen) atoms. The van der Waals surface area contributed by atoms with Gasteiger partial charge < -0.3 is 15.0 Å². The van der Waals surface area contributed by atoms with Gasteiger partial charge in [0.05, 0.1) is 24.5 Å². The maximum atomic E-state index is 12.7. The molecular formula is C21H23N5O3. The van der Waals surface area contributed by atoms with Crippen LogP contribution in [0.3, 0.4) is 0 Å². The molecule has 0 spiro atoms. The van der Waals surface area contributed by atoms with E-state index >= 15 is 0 Å². The van der Waals surface area contributed by atoms with Crippen molar-refractivity contribution >= 4 is 23.7 Å². The lowest BCUT2D eigenvalue weighted by Gasteiger charge is -2.27. The van der Waals surface area contributed by atoms with Crippen LogP contribution in [0, 0.1) is 0 Å². The molecule has 0 saturated carbocycles. The lowest BCUT2D eigenvalue weighted by molar-refractivity contribution is 0.0951. The number of hydrogen-bond donors (Lipinski definition) is 1. The predicted octanol–water partition coefficient (Wildman–Crippen LogP) is 1.87. The number of morpholine rings is 1. The summed E-state index contributed by atoms with van der Waals surface area (Å²) in [5.41, 5.74) is 3.01. The van der Waals surface area contributed by atoms with Crippen molar-refractivity contribution in [1.82, 2.24) is 19.7 Å². The summed E-state index contributed by atoms with van der Waals surface area (Å²) in [4.78, 5) is 35.3. The van der Waals surface area contributed by atoms with Crippen LogP contribution in [0.1, 0.15) is 39.0 Å². The number of fused-ring (bicyclic) bond motifs is 1. The molecule has 1 aliphatic heterocycles. The number of pyridine rings is 2. The van der Waals surface area contributed by atoms with Crippen molar-refractivity contribution in [3.8, 4) is 0 Å². The number of aryl methyl sites for hydroxylation is 1. The Morgan fingerprint density at radius 3 is 2.79 bits per heavy atom. The Labute approximate surface area is 168 Å². The van der Waals surface area contributed by atoms with Crippen LogP contribution in [0.15, 0.2) is 36.7 Å². The molecule has 1 amide bonds. The van der Waals surface area contributed by atoms with Gasteiger partial charge in [0.2, 0.25) is 0 Å². The Hall–Kier alpha value is -3.26. The van der Waals surface area contributed by atoms with E-state index in [9.17, 15) is 9.59 Å². The monoisotopic (exact) mass is 393 g/mol. The van der Waals surface area contributed by atoms with Gasteiger partial charge in [0.15, 0.2) is 6.29 Å². The third kappa shape index (κ3) is 3.84. The van der Waals surface area contributed by atoms with E-state index in [1.54, 1.807) is 28.9 Å². The Bertz CT molecular complexity index is 1020. The minimum absolute atomic E-state index is 0.238. The highest BCUT2D eigenvalue weighted by Gasteiger charge is 2.17. The van der Waals surface area contributed by atoms with Crippen LogP contribution in [0.2, 0.25) is 0 Å². The molecule has 4 rings (SSSR count). The molecule has 1 fully saturated rings. The van der Waals surface area contributed by atoms with Gasteiger partial charge in [0.25, 0.3) is 5.91 Å². The average Bonchev–Trinajstić information content (AvgIpc) is 3.16. The van der Waals surface area contributed by atoms with E-state index in [1.165, 1.54) is 0 Å². The summed E-state index contributed by atoms with van der Waals surface area (Å²) in [5, 5.41) is 2.92. The third-order valence-corrected chi connectivity index (χ3v) is 5.05. The average molecular weight is 393 g/mol. The lowest BCUT2D eigenvalue weighted by atomic mass is 10.2. The summed E-state index contributed by atoms with van der Waals surface area (Å²) in [6.07, 6.45) is 4.93. The second kappa shape index (κ2) is 8.40. The van der Waals surface area contributed by atoms with E-state index < -0.39 is 0 Å². The van der Waals surface area contributed by atoms with Gasteiger partial charge in [-0.3, -0.25) is 14.0 Å². The van der Waals surface area contributed by atoms with Gasteiger partial charge in [-0.1, -0.05) is 13.0 Å². The highest BCUT2D eigenvalue weighted by molar-refractivity contribution is 6.00. The van der Waals surface area contributed by atoms with Gasteiger partial charge in [0, 0.05) is 32.0 Å². The summed E-state index contributed by atoms with van der Waals surface area (Å²) < 4.78 is 7.03. The molecule has 3 aromatic heterocycles. The number of aldehydes is 1. The lowest BCUT2D eigenvalue weighted by Crippen LogP contribution is -2.36. The number of hydrogen-bond acceptors (Lipinski definition) is 6. The van der Waals surface area contributed by atoms with Gasteiger partial charge in [-0.2, -0.15) is 0 Å². The second-order valence-electron chi connectivity index (χ2n) is 6.84. The molecule has 1 saturated heterocycles. The number of carbonyl (C=O) groups is 2. The van der Waals surface area contributed by atoms with Crippen molar-refractivity contribution in [3.63, 3.8) is 0 Å². The number of ether oxygens (including phenoxy) is 1. The minimum atomic E-state index is -0.238. The van der Waals surface area contributed by atoms with E-state index in [0.717, 1.165) is 30.8 Å². The number of nitrogens with one attached hydrogen (secondary N) is 1. The van der Waals surface area contributed by atoms with Crippen molar-refractivity contribution in [3.05, 3.63) is 59.2 Å². The zero-order valence-electron chi connectivity index (χ0n) is 16.3. The van der Waals surface area contributed by atoms with Crippen LogP contribution in [0.4, 0.5) is 5.82 Å². The minimum Gasteiger partial charge on any atom is -0.378 e. The number of aromatic nitrogens is 3. The topological polar surface area (TPSA) is 88.8 Å². The van der Waals surface area contributed by atoms with Crippen LogP contribution >= 0.6 is 0 Å². The number of rotatable bonds is 6. The Morgan fingerprint density at radius 1 is 1.28 bits per heavy atom. The summed E-state index contributed by atoms with van der Waals surface area (Å²) in [5.74, 6) is 0.678. The largest absolute Gasteiger partial charge is 0.378 e. The Balaban J connectivity index is 1.47. The van der Waals surface area contributed by atoms with Crippen molar-refractivity contribution in [2.24, 2.45) is 0 Å². The van der Waals surface area contributed by atoms with Gasteiger partial charge in [-0.15, -0.1) is 0 Å². The first-order valence-electron chi connectivity index (χ1n) is 9.72. The quantitative estimate of drug-likeness (QED) is 0.643. The summed E-state index contributed by atoms with van der Waals surface area (Å²) in [7, 11) is 0. The fraction of sp³-hybridized carbons (Fsp3) is 0.333. The molecule has 0 atom stereocenters. The first-order valence-corrected chi connectivity index (χ1v) is 9.72. The van der Waals surface area contributed by atoms with Crippen LogP contribution in [-0.4, -0.2) is 52.9 Å². The van der Waals surface area contributed by atoms with Crippen molar-refractivity contribution in [1.29, 1.82) is 0 Å². The summed E-state index contributed by atoms with van der Waals surface area (Å²) >= 11 is 0. The molecule has 1 N–H and O–H groups in total. The van der Waals surface area contributed by atoms with E-state index in [4.69, 9.17) is 4.74 Å². The highest BCUT2D eigenvalue weighted by Crippen LogP contribution is 2.17. The Kier molecular flexibility index (Phi) is 5.53. The van der Waals surface area contributed by atoms with Gasteiger partial charge in [-0.05, 0) is 30.2 Å². The number of anilines is 1. The molecule has 0 aromatic carbocycles. The normalized spacial score (nSPS) is 14.2. The maximum absolute atomic E-state index is 12.7. The number of imidazole rings is 1. The molecule has 8 heteroatoms. The van der Waals surface area contributed by atoms with E-state index in [2.05, 4.69) is 20.2 Å². The second-order valence-corrected chi connectivity index (χ2v) is 6.84. The third-order valence-electron chi connectivity index (χ3n) is 5.05. The number of carbonyl (C=O) groups excluding carboxylic acids is 2. The maximum Gasteiger partial charge on any atom is 0.255 e. The number of nitrogens with zero attached hydrogens (tertiary/aromatic N) is 4. The molecule has 1 aliphatic rings. The molecule has 0 aliphatic carbocycles. The molecule has 0 unspecified atom stereocenters. The van der Waals surface area contributed by atoms with Crippen molar-refractivity contribution in [2.45, 2.75) is 19.9 Å². The first kappa shape index (κ1) is 19.1. The van der Waals surface area contributed by atoms with E-state index in [-0.39, 0.29) is 5.91 Å². The van der Waals surface area contributed by atoms with E-state index in [1.807, 2.05) is 19.1 Å². The van der Waals surface area contributed by atoms with Gasteiger partial charge in [0.1, 0.15) is 17.2 Å². The first-order chi connectivity index (χ1) is 14.2. The predicted molar refractivity (Wildman–Crippen MR) is 108 cm³/mol. The fourth-order valence-corrected chi connectivity index (χ4v) is 3.47. The Morgan fingerprint density at radius 2 is 2.10 bits per heavy atom. The molecule has 8 nitrogen and oxygen atoms in total. The molecule has 150 valence electrons. The van der Waals surface area contributed by atoms with Crippen molar-refractivity contribution in [2.75, 3.05) is 31.2 Å². The zero-order chi connectivity index (χ0) is 20.2. The van der Waals surface area contributed by atoms with Crippen LogP contribution < -0.4 is 10.2 Å². The van der Waals surface area contributed by atoms with Gasteiger partial charge >= 0.3 is 0 Å². The summed E-state index contributed by atoms with van der Waals surface area (Å²) in [6, 6.07) is 7.39. The SMILES string of the molecule is CCc1nc2c(C(=O)NCc3ccc(N4CCOCC4)nc3)cccn2c1C=O. The van der Waals surface area contributed by atoms with E-state index in [0.29, 0.717) is 48.8 Å². The number of amides is 1. The van der Waals surface area contributed by atoms with Crippen LogP contribution in [0.5, 0.6) is 0 Å². The molecule has 3 aromatic rings. The van der Waals surface area contributed by atoms with Crippen LogP contribution in [-0.2, 0) is 17.7 Å². The molecular weight excluding hydrogens is 370 g/mol. The fourth-order valence-electron chi connectivity index (χ4n) is 3.47. The van der Waals surface area contributed by atoms with Crippen molar-refractivity contribution < 1.29 is 14.3 Å². The van der Waals surface area contributed by atoms with Gasteiger partial charge in [-0.25, -0.2) is 9.97 Å². The molecule has 4 heterocycles. The summed E-state index contributed by atoms with van der Waals surface area (Å²) in [6.45, 7) is 5.38. The zero-order valence-corrected chi connectivity index (χ0v) is 16.3. The molecule has 0 bridgehead atoms. The standard InChI is InChI=1S/C21H23N5O3/c1-2-17-18(14-27)26-7-3-4-16(20(26)24-17)21(28)23-13-15-5-6-19(22-12-15)25-8-10-29-11-9-25/h3-7,12,14H,2,8-11,13H2,1H3,(H,23,28).